The third kappa shape index (κ3) is 1.48. The second-order valence-corrected chi connectivity index (χ2v) is 4.11. The Bertz CT molecular complexity index is 255. The van der Waals surface area contributed by atoms with Gasteiger partial charge in [0.05, 0.1) is 0 Å². The van der Waals surface area contributed by atoms with Crippen molar-refractivity contribution in [3.63, 3.8) is 0 Å². The quantitative estimate of drug-likeness (QED) is 0.703. The van der Waals surface area contributed by atoms with Crippen LogP contribution in [-0.4, -0.2) is 21.6 Å². The monoisotopic (exact) mass is 184 g/mol. The van der Waals surface area contributed by atoms with Crippen molar-refractivity contribution in [2.45, 2.75) is 25.7 Å². The van der Waals surface area contributed by atoms with Gasteiger partial charge < -0.3 is 4.52 Å². The van der Waals surface area contributed by atoms with E-state index in [1.165, 1.54) is 12.2 Å². The smallest absolute Gasteiger partial charge is 0.230 e. The highest BCUT2D eigenvalue weighted by molar-refractivity contribution is 7.99. The second-order valence-electron chi connectivity index (χ2n) is 2.96. The van der Waals surface area contributed by atoms with Gasteiger partial charge >= 0.3 is 0 Å². The van der Waals surface area contributed by atoms with Crippen LogP contribution < -0.4 is 0 Å². The largest absolute Gasteiger partial charge is 0.339 e. The SMILES string of the molecule is CCc1noc(C2CCSC2)n1. The van der Waals surface area contributed by atoms with Gasteiger partial charge in [0, 0.05) is 18.1 Å². The van der Waals surface area contributed by atoms with Crippen LogP contribution >= 0.6 is 11.8 Å². The Kier molecular flexibility index (Phi) is 2.35. The van der Waals surface area contributed by atoms with Crippen LogP contribution in [0, 0.1) is 0 Å². The summed E-state index contributed by atoms with van der Waals surface area (Å²) in [7, 11) is 0. The van der Waals surface area contributed by atoms with Gasteiger partial charge in [-0.2, -0.15) is 16.7 Å². The molecule has 1 fully saturated rings. The molecule has 0 aliphatic carbocycles. The summed E-state index contributed by atoms with van der Waals surface area (Å²) in [5, 5.41) is 3.88. The molecule has 1 aliphatic heterocycles. The van der Waals surface area contributed by atoms with Crippen molar-refractivity contribution in [2.24, 2.45) is 0 Å². The number of hydrogen-bond acceptors (Lipinski definition) is 4. The highest BCUT2D eigenvalue weighted by Crippen LogP contribution is 2.31. The fourth-order valence-corrected chi connectivity index (χ4v) is 2.52. The zero-order valence-electron chi connectivity index (χ0n) is 7.12. The number of aromatic nitrogens is 2. The van der Waals surface area contributed by atoms with E-state index in [4.69, 9.17) is 4.52 Å². The van der Waals surface area contributed by atoms with Gasteiger partial charge in [0.15, 0.2) is 5.82 Å². The number of nitrogens with zero attached hydrogens (tertiary/aromatic N) is 2. The maximum atomic E-state index is 5.16. The van der Waals surface area contributed by atoms with Crippen molar-refractivity contribution in [3.05, 3.63) is 11.7 Å². The molecule has 1 saturated heterocycles. The van der Waals surface area contributed by atoms with E-state index in [2.05, 4.69) is 10.1 Å². The van der Waals surface area contributed by atoms with Crippen molar-refractivity contribution in [3.8, 4) is 0 Å². The van der Waals surface area contributed by atoms with Gasteiger partial charge in [-0.3, -0.25) is 0 Å². The summed E-state index contributed by atoms with van der Waals surface area (Å²) in [4.78, 5) is 4.32. The fraction of sp³-hybridized carbons (Fsp3) is 0.750. The van der Waals surface area contributed by atoms with Gasteiger partial charge in [0.1, 0.15) is 0 Å². The minimum atomic E-state index is 0.516. The lowest BCUT2D eigenvalue weighted by atomic mass is 10.1. The molecule has 0 spiro atoms. The second kappa shape index (κ2) is 3.47. The van der Waals surface area contributed by atoms with E-state index in [-0.39, 0.29) is 0 Å². The molecule has 1 aliphatic rings. The van der Waals surface area contributed by atoms with Gasteiger partial charge in [-0.1, -0.05) is 12.1 Å². The number of aryl methyl sites for hydroxylation is 1. The van der Waals surface area contributed by atoms with Crippen molar-refractivity contribution in [2.75, 3.05) is 11.5 Å². The number of rotatable bonds is 2. The molecule has 0 radical (unpaired) electrons. The predicted octanol–water partition coefficient (Wildman–Crippen LogP) is 1.85. The van der Waals surface area contributed by atoms with E-state index >= 15 is 0 Å². The lowest BCUT2D eigenvalue weighted by Crippen LogP contribution is -1.96. The Labute approximate surface area is 75.9 Å². The van der Waals surface area contributed by atoms with E-state index in [1.807, 2.05) is 18.7 Å². The lowest BCUT2D eigenvalue weighted by molar-refractivity contribution is 0.357. The van der Waals surface area contributed by atoms with Crippen molar-refractivity contribution >= 4 is 11.8 Å². The molecule has 2 rings (SSSR count). The van der Waals surface area contributed by atoms with E-state index in [0.29, 0.717) is 5.92 Å². The van der Waals surface area contributed by atoms with Crippen LogP contribution in [0.4, 0.5) is 0 Å². The molecule has 0 aromatic carbocycles. The molecule has 2 heterocycles. The Morgan fingerprint density at radius 3 is 3.17 bits per heavy atom. The summed E-state index contributed by atoms with van der Waals surface area (Å²) in [5.74, 6) is 4.57. The van der Waals surface area contributed by atoms with Crippen LogP contribution in [0.15, 0.2) is 4.52 Å². The molecule has 12 heavy (non-hydrogen) atoms. The minimum Gasteiger partial charge on any atom is -0.339 e. The Balaban J connectivity index is 2.11. The van der Waals surface area contributed by atoms with Gasteiger partial charge in [-0.15, -0.1) is 0 Å². The molecule has 0 bridgehead atoms. The average Bonchev–Trinajstić information content (AvgIpc) is 2.75. The van der Waals surface area contributed by atoms with Crippen molar-refractivity contribution < 1.29 is 4.52 Å². The van der Waals surface area contributed by atoms with E-state index in [0.717, 1.165) is 23.9 Å². The standard InChI is InChI=1S/C8H12N2OS/c1-2-7-9-8(11-10-7)6-3-4-12-5-6/h6H,2-5H2,1H3. The van der Waals surface area contributed by atoms with Crippen LogP contribution in [-0.2, 0) is 6.42 Å². The van der Waals surface area contributed by atoms with Crippen LogP contribution in [0.3, 0.4) is 0 Å². The molecule has 0 amide bonds. The van der Waals surface area contributed by atoms with Crippen molar-refractivity contribution in [1.82, 2.24) is 10.1 Å². The maximum absolute atomic E-state index is 5.16. The molecule has 0 saturated carbocycles. The summed E-state index contributed by atoms with van der Waals surface area (Å²) in [6.07, 6.45) is 2.05. The molecule has 3 nitrogen and oxygen atoms in total. The predicted molar refractivity (Wildman–Crippen MR) is 48.4 cm³/mol. The maximum Gasteiger partial charge on any atom is 0.230 e. The fourth-order valence-electron chi connectivity index (χ4n) is 1.31. The summed E-state index contributed by atoms with van der Waals surface area (Å²) in [5.41, 5.74) is 0. The van der Waals surface area contributed by atoms with Crippen molar-refractivity contribution in [1.29, 1.82) is 0 Å². The van der Waals surface area contributed by atoms with E-state index < -0.39 is 0 Å². The average molecular weight is 184 g/mol. The van der Waals surface area contributed by atoms with Gasteiger partial charge in [0.2, 0.25) is 5.89 Å². The first-order chi connectivity index (χ1) is 5.90. The molecular weight excluding hydrogens is 172 g/mol. The number of thioether (sulfide) groups is 1. The van der Waals surface area contributed by atoms with Crippen LogP contribution in [0.25, 0.3) is 0 Å². The molecule has 1 aromatic rings. The van der Waals surface area contributed by atoms with E-state index in [1.54, 1.807) is 0 Å². The molecule has 66 valence electrons. The third-order valence-electron chi connectivity index (χ3n) is 2.08. The van der Waals surface area contributed by atoms with Crippen LogP contribution in [0.5, 0.6) is 0 Å². The van der Waals surface area contributed by atoms with E-state index in [9.17, 15) is 0 Å². The first-order valence-corrected chi connectivity index (χ1v) is 5.46. The summed E-state index contributed by atoms with van der Waals surface area (Å²) >= 11 is 1.97. The lowest BCUT2D eigenvalue weighted by Gasteiger charge is -1.97. The summed E-state index contributed by atoms with van der Waals surface area (Å²) in [6.45, 7) is 2.04. The number of hydrogen-bond donors (Lipinski definition) is 0. The zero-order valence-corrected chi connectivity index (χ0v) is 7.93. The van der Waals surface area contributed by atoms with Crippen LogP contribution in [0.2, 0.25) is 0 Å². The zero-order chi connectivity index (χ0) is 8.39. The first kappa shape index (κ1) is 8.10. The molecular formula is C8H12N2OS. The Morgan fingerprint density at radius 1 is 1.67 bits per heavy atom. The minimum absolute atomic E-state index is 0.516. The van der Waals surface area contributed by atoms with Gasteiger partial charge in [-0.05, 0) is 12.2 Å². The highest BCUT2D eigenvalue weighted by Gasteiger charge is 2.22. The highest BCUT2D eigenvalue weighted by atomic mass is 32.2. The Morgan fingerprint density at radius 2 is 2.58 bits per heavy atom. The molecule has 4 heteroatoms. The molecule has 1 unspecified atom stereocenters. The van der Waals surface area contributed by atoms with Gasteiger partial charge in [-0.25, -0.2) is 0 Å². The molecule has 1 aromatic heterocycles. The molecule has 0 N–H and O–H groups in total. The van der Waals surface area contributed by atoms with Gasteiger partial charge in [0.25, 0.3) is 0 Å². The summed E-state index contributed by atoms with van der Waals surface area (Å²) < 4.78 is 5.16. The topological polar surface area (TPSA) is 38.9 Å². The normalized spacial score (nSPS) is 23.2. The summed E-state index contributed by atoms with van der Waals surface area (Å²) in [6, 6.07) is 0. The Hall–Kier alpha value is -0.510. The third-order valence-corrected chi connectivity index (χ3v) is 3.24. The van der Waals surface area contributed by atoms with Crippen LogP contribution in [0.1, 0.15) is 31.0 Å². The first-order valence-electron chi connectivity index (χ1n) is 4.30. The molecule has 1 atom stereocenters.